The van der Waals surface area contributed by atoms with E-state index in [4.69, 9.17) is 8.83 Å². The predicted octanol–water partition coefficient (Wildman–Crippen LogP) is 20.4. The Balaban J connectivity index is 0.917. The summed E-state index contributed by atoms with van der Waals surface area (Å²) in [7, 11) is 0. The first kappa shape index (κ1) is 44.1. The van der Waals surface area contributed by atoms with Crippen molar-refractivity contribution in [3.63, 3.8) is 0 Å². The third kappa shape index (κ3) is 7.52. The molecule has 0 radical (unpaired) electrons. The number of aryl methyl sites for hydroxylation is 4. The SMILES string of the molecule is Cc1cccc(C)c1N(c1ccc(-c2ccccc2)cc1)c1ccc2cc3c(cc2c1)oc1c(C(C)C)c2oc4cc5cc(N(c6ccc(-c7ccccc7)cc6)c6c(C)cccc6C)ccc5cc4c2cc13. The highest BCUT2D eigenvalue weighted by Crippen LogP contribution is 2.47. The van der Waals surface area contributed by atoms with E-state index in [0.29, 0.717) is 0 Å². The average Bonchev–Trinajstić information content (AvgIpc) is 3.95. The summed E-state index contributed by atoms with van der Waals surface area (Å²) in [5, 5.41) is 8.97. The molecule has 73 heavy (non-hydrogen) atoms. The number of nitrogens with zero attached hydrogens (tertiary/aromatic N) is 2. The molecule has 0 spiro atoms. The van der Waals surface area contributed by atoms with Crippen LogP contribution in [0.1, 0.15) is 47.6 Å². The Morgan fingerprint density at radius 3 is 1.07 bits per heavy atom. The Bertz CT molecular complexity index is 3950. The number of anilines is 6. The fourth-order valence-electron chi connectivity index (χ4n) is 11.4. The summed E-state index contributed by atoms with van der Waals surface area (Å²) in [6.45, 7) is 13.3. The summed E-state index contributed by atoms with van der Waals surface area (Å²) in [5.41, 5.74) is 21.0. The van der Waals surface area contributed by atoms with Gasteiger partial charge in [0.15, 0.2) is 0 Å². The molecule has 0 aliphatic carbocycles. The van der Waals surface area contributed by atoms with Crippen LogP contribution < -0.4 is 9.80 Å². The van der Waals surface area contributed by atoms with Gasteiger partial charge >= 0.3 is 0 Å². The maximum atomic E-state index is 7.00. The Hall–Kier alpha value is -8.86. The minimum atomic E-state index is 0.146. The van der Waals surface area contributed by atoms with E-state index >= 15 is 0 Å². The van der Waals surface area contributed by atoms with Crippen LogP contribution in [-0.2, 0) is 0 Å². The molecule has 0 fully saturated rings. The summed E-state index contributed by atoms with van der Waals surface area (Å²) in [4.78, 5) is 4.79. The smallest absolute Gasteiger partial charge is 0.142 e. The molecule has 0 saturated heterocycles. The number of furan rings is 2. The molecule has 352 valence electrons. The van der Waals surface area contributed by atoms with Crippen LogP contribution in [0, 0.1) is 27.7 Å². The van der Waals surface area contributed by atoms with Crippen LogP contribution in [-0.4, -0.2) is 0 Å². The summed E-state index contributed by atoms with van der Waals surface area (Å²) in [6.07, 6.45) is 0. The van der Waals surface area contributed by atoms with E-state index in [9.17, 15) is 0 Å². The second-order valence-electron chi connectivity index (χ2n) is 20.1. The van der Waals surface area contributed by atoms with Crippen LogP contribution in [0.5, 0.6) is 0 Å². The average molecular weight is 943 g/mol. The highest BCUT2D eigenvalue weighted by Gasteiger charge is 2.24. The lowest BCUT2D eigenvalue weighted by Crippen LogP contribution is -2.12. The summed E-state index contributed by atoms with van der Waals surface area (Å²) < 4.78 is 14.0. The molecule has 0 N–H and O–H groups in total. The van der Waals surface area contributed by atoms with Gasteiger partial charge in [-0.3, -0.25) is 0 Å². The van der Waals surface area contributed by atoms with Crippen molar-refractivity contribution in [3.05, 3.63) is 240 Å². The van der Waals surface area contributed by atoms with Gasteiger partial charge in [0, 0.05) is 49.9 Å². The standard InChI is InChI=1S/C69H54N2O2/c1-42(2)65-68-61(59-37-51-27-33-57(35-53(51)39-63(59)72-68)70(66-43(3)15-13-16-44(66)4)55-29-23-49(24-30-55)47-19-9-7-10-20-47)41-62-60-38-52-28-34-58(36-54(52)40-64(60)73-69(62)65)71(67-45(5)17-14-18-46(67)6)56-31-25-50(26-32-56)48-21-11-8-12-22-48/h7-42H,1-6H3. The van der Waals surface area contributed by atoms with Crippen molar-refractivity contribution in [2.45, 2.75) is 47.5 Å². The van der Waals surface area contributed by atoms with Gasteiger partial charge in [0.25, 0.3) is 0 Å². The van der Waals surface area contributed by atoms with Gasteiger partial charge in [-0.05, 0) is 179 Å². The maximum absolute atomic E-state index is 7.00. The van der Waals surface area contributed by atoms with E-state index in [1.807, 2.05) is 0 Å². The number of para-hydroxylation sites is 2. The van der Waals surface area contributed by atoms with Crippen molar-refractivity contribution >= 4 is 99.5 Å². The zero-order chi connectivity index (χ0) is 49.5. The number of fused-ring (bicyclic) bond motifs is 8. The monoisotopic (exact) mass is 942 g/mol. The van der Waals surface area contributed by atoms with Crippen molar-refractivity contribution < 1.29 is 8.83 Å². The van der Waals surface area contributed by atoms with E-state index in [1.165, 1.54) is 55.9 Å². The van der Waals surface area contributed by atoms with Gasteiger partial charge in [-0.25, -0.2) is 0 Å². The van der Waals surface area contributed by atoms with E-state index in [0.717, 1.165) is 93.7 Å². The predicted molar refractivity (Wildman–Crippen MR) is 309 cm³/mol. The first-order chi connectivity index (χ1) is 35.6. The number of rotatable bonds is 9. The van der Waals surface area contributed by atoms with E-state index in [1.54, 1.807) is 0 Å². The molecule has 0 amide bonds. The Kier molecular flexibility index (Phi) is 10.6. The molecule has 0 aliphatic heterocycles. The Morgan fingerprint density at radius 2 is 0.685 bits per heavy atom. The Labute approximate surface area is 426 Å². The quantitative estimate of drug-likeness (QED) is 0.144. The van der Waals surface area contributed by atoms with Crippen molar-refractivity contribution in [2.75, 3.05) is 9.80 Å². The van der Waals surface area contributed by atoms with Crippen LogP contribution in [0.3, 0.4) is 0 Å². The summed E-state index contributed by atoms with van der Waals surface area (Å²) in [5.74, 6) is 0.146. The van der Waals surface area contributed by atoms with E-state index < -0.39 is 0 Å². The van der Waals surface area contributed by atoms with Crippen molar-refractivity contribution in [3.8, 4) is 22.3 Å². The largest absolute Gasteiger partial charge is 0.456 e. The van der Waals surface area contributed by atoms with Crippen LogP contribution in [0.25, 0.3) is 87.7 Å². The first-order valence-electron chi connectivity index (χ1n) is 25.4. The molecular weight excluding hydrogens is 889 g/mol. The molecule has 11 aromatic carbocycles. The van der Waals surface area contributed by atoms with Gasteiger partial charge in [0.2, 0.25) is 0 Å². The summed E-state index contributed by atoms with van der Waals surface area (Å²) >= 11 is 0. The second-order valence-corrected chi connectivity index (χ2v) is 20.1. The third-order valence-electron chi connectivity index (χ3n) is 15.0. The zero-order valence-corrected chi connectivity index (χ0v) is 42.0. The lowest BCUT2D eigenvalue weighted by atomic mass is 9.95. The highest BCUT2D eigenvalue weighted by molar-refractivity contribution is 6.20. The topological polar surface area (TPSA) is 32.8 Å². The molecule has 0 atom stereocenters. The van der Waals surface area contributed by atoms with Crippen LogP contribution in [0.4, 0.5) is 34.1 Å². The minimum Gasteiger partial charge on any atom is -0.456 e. The molecule has 2 aromatic heterocycles. The van der Waals surface area contributed by atoms with Crippen molar-refractivity contribution in [1.82, 2.24) is 0 Å². The fourth-order valence-corrected chi connectivity index (χ4v) is 11.4. The van der Waals surface area contributed by atoms with Crippen LogP contribution >= 0.6 is 0 Å². The van der Waals surface area contributed by atoms with E-state index in [-0.39, 0.29) is 5.92 Å². The first-order valence-corrected chi connectivity index (χ1v) is 25.4. The van der Waals surface area contributed by atoms with E-state index in [2.05, 4.69) is 264 Å². The lowest BCUT2D eigenvalue weighted by molar-refractivity contribution is 0.638. The van der Waals surface area contributed by atoms with Gasteiger partial charge in [-0.1, -0.05) is 147 Å². The van der Waals surface area contributed by atoms with Gasteiger partial charge in [0.1, 0.15) is 22.3 Å². The van der Waals surface area contributed by atoms with Crippen LogP contribution in [0.15, 0.2) is 221 Å². The fraction of sp³-hybridized carbons (Fsp3) is 0.101. The molecule has 0 bridgehead atoms. The van der Waals surface area contributed by atoms with Crippen molar-refractivity contribution in [1.29, 1.82) is 0 Å². The molecule has 4 nitrogen and oxygen atoms in total. The zero-order valence-electron chi connectivity index (χ0n) is 42.0. The number of benzene rings is 11. The molecular formula is C69H54N2O2. The molecule has 2 heterocycles. The van der Waals surface area contributed by atoms with Gasteiger partial charge in [0.05, 0.1) is 11.4 Å². The molecule has 0 aliphatic rings. The van der Waals surface area contributed by atoms with Gasteiger partial charge in [-0.15, -0.1) is 0 Å². The third-order valence-corrected chi connectivity index (χ3v) is 15.0. The number of hydrogen-bond donors (Lipinski definition) is 0. The summed E-state index contributed by atoms with van der Waals surface area (Å²) in [6, 6.07) is 77.1. The minimum absolute atomic E-state index is 0.146. The molecule has 13 rings (SSSR count). The maximum Gasteiger partial charge on any atom is 0.142 e. The van der Waals surface area contributed by atoms with Crippen LogP contribution in [0.2, 0.25) is 0 Å². The van der Waals surface area contributed by atoms with Gasteiger partial charge in [-0.2, -0.15) is 0 Å². The molecule has 0 unspecified atom stereocenters. The van der Waals surface area contributed by atoms with Gasteiger partial charge < -0.3 is 18.6 Å². The highest BCUT2D eigenvalue weighted by atomic mass is 16.3. The normalized spacial score (nSPS) is 11.8. The molecule has 4 heteroatoms. The lowest BCUT2D eigenvalue weighted by Gasteiger charge is -2.29. The molecule has 0 saturated carbocycles. The second kappa shape index (κ2) is 17.5. The van der Waals surface area contributed by atoms with Crippen molar-refractivity contribution in [2.24, 2.45) is 0 Å². The number of hydrogen-bond acceptors (Lipinski definition) is 4. The Morgan fingerprint density at radius 1 is 0.315 bits per heavy atom. The molecule has 13 aromatic rings.